The molecule has 1 heterocycles. The molecule has 0 spiro atoms. The van der Waals surface area contributed by atoms with E-state index >= 15 is 0 Å². The molecule has 5 nitrogen and oxygen atoms in total. The summed E-state index contributed by atoms with van der Waals surface area (Å²) in [7, 11) is -3.51. The second-order valence-electron chi connectivity index (χ2n) is 3.31. The molecule has 3 N–H and O–H groups in total. The Hall–Kier alpha value is -0.570. The van der Waals surface area contributed by atoms with Crippen LogP contribution >= 0.6 is 28.1 Å². The van der Waals surface area contributed by atoms with Gasteiger partial charge in [0.2, 0.25) is 10.0 Å². The zero-order valence-electron chi connectivity index (χ0n) is 8.89. The first-order valence-electron chi connectivity index (χ1n) is 4.80. The lowest BCUT2D eigenvalue weighted by atomic mass is 10.3. The molecular formula is C9H12BrN3O2S2. The molecular weight excluding hydrogens is 326 g/mol. The third kappa shape index (κ3) is 5.07. The Kier molecular flexibility index (Phi) is 5.44. The van der Waals surface area contributed by atoms with Crippen molar-refractivity contribution in [2.24, 2.45) is 5.73 Å². The van der Waals surface area contributed by atoms with Gasteiger partial charge >= 0.3 is 0 Å². The fourth-order valence-corrected chi connectivity index (χ4v) is 2.81. The van der Waals surface area contributed by atoms with Crippen LogP contribution in [-0.2, 0) is 10.0 Å². The minimum absolute atomic E-state index is 0.127. The summed E-state index contributed by atoms with van der Waals surface area (Å²) in [5.41, 5.74) is 5.31. The topological polar surface area (TPSA) is 85.1 Å². The zero-order chi connectivity index (χ0) is 12.9. The van der Waals surface area contributed by atoms with E-state index in [1.54, 1.807) is 0 Å². The lowest BCUT2D eigenvalue weighted by Gasteiger charge is -2.06. The van der Waals surface area contributed by atoms with Crippen LogP contribution in [0, 0.1) is 0 Å². The lowest BCUT2D eigenvalue weighted by molar-refractivity contribution is 0.579. The minimum Gasteiger partial charge on any atom is -0.393 e. The monoisotopic (exact) mass is 337 g/mol. The predicted molar refractivity (Wildman–Crippen MR) is 73.1 cm³/mol. The number of halogens is 1. The average Bonchev–Trinajstić information content (AvgIpc) is 2.24. The number of rotatable bonds is 6. The number of pyridine rings is 1. The summed E-state index contributed by atoms with van der Waals surface area (Å²) in [6.45, 7) is 0.298. The van der Waals surface area contributed by atoms with E-state index in [0.717, 1.165) is 0 Å². The second kappa shape index (κ2) is 6.39. The molecule has 0 aromatic carbocycles. The van der Waals surface area contributed by atoms with Crippen LogP contribution in [0.3, 0.4) is 0 Å². The zero-order valence-corrected chi connectivity index (χ0v) is 12.1. The standard InChI is InChI=1S/C9H12BrN3O2S2/c10-7-4-8(6-12-5-7)17(14,15)13-3-1-2-9(11)16/h4-6,13H,1-3H2,(H2,11,16). The van der Waals surface area contributed by atoms with Gasteiger partial charge in [-0.25, -0.2) is 13.1 Å². The lowest BCUT2D eigenvalue weighted by Crippen LogP contribution is -2.25. The number of hydrogen-bond donors (Lipinski definition) is 2. The van der Waals surface area contributed by atoms with Crippen LogP contribution in [0.25, 0.3) is 0 Å². The maximum absolute atomic E-state index is 11.8. The summed E-state index contributed by atoms with van der Waals surface area (Å²) in [4.78, 5) is 4.31. The SMILES string of the molecule is NC(=S)CCCNS(=O)(=O)c1cncc(Br)c1. The van der Waals surface area contributed by atoms with Crippen LogP contribution in [-0.4, -0.2) is 24.9 Å². The second-order valence-corrected chi connectivity index (χ2v) is 6.51. The van der Waals surface area contributed by atoms with Crippen LogP contribution in [0.4, 0.5) is 0 Å². The summed E-state index contributed by atoms with van der Waals surface area (Å²) in [6, 6.07) is 1.49. The summed E-state index contributed by atoms with van der Waals surface area (Å²) < 4.78 is 26.7. The van der Waals surface area contributed by atoms with Crippen molar-refractivity contribution in [3.8, 4) is 0 Å². The highest BCUT2D eigenvalue weighted by Gasteiger charge is 2.13. The maximum Gasteiger partial charge on any atom is 0.242 e. The number of nitrogens with one attached hydrogen (secondary N) is 1. The molecule has 0 saturated heterocycles. The smallest absolute Gasteiger partial charge is 0.242 e. The van der Waals surface area contributed by atoms with Crippen molar-refractivity contribution in [2.45, 2.75) is 17.7 Å². The van der Waals surface area contributed by atoms with Gasteiger partial charge in [-0.3, -0.25) is 4.98 Å². The van der Waals surface area contributed by atoms with Gasteiger partial charge in [0.05, 0.1) is 4.99 Å². The van der Waals surface area contributed by atoms with Crippen molar-refractivity contribution in [3.63, 3.8) is 0 Å². The van der Waals surface area contributed by atoms with Crippen molar-refractivity contribution in [1.82, 2.24) is 9.71 Å². The number of thiocarbonyl (C=S) groups is 1. The fraction of sp³-hybridized carbons (Fsp3) is 0.333. The van der Waals surface area contributed by atoms with Gasteiger partial charge in [0, 0.05) is 23.4 Å². The highest BCUT2D eigenvalue weighted by atomic mass is 79.9. The molecule has 0 aliphatic carbocycles. The number of hydrogen-bond acceptors (Lipinski definition) is 4. The van der Waals surface area contributed by atoms with Crippen LogP contribution < -0.4 is 10.5 Å². The van der Waals surface area contributed by atoms with Gasteiger partial charge in [0.1, 0.15) is 4.90 Å². The van der Waals surface area contributed by atoms with Crippen molar-refractivity contribution in [2.75, 3.05) is 6.54 Å². The maximum atomic E-state index is 11.8. The van der Waals surface area contributed by atoms with Gasteiger partial charge in [0.15, 0.2) is 0 Å². The molecule has 0 bridgehead atoms. The van der Waals surface area contributed by atoms with Gasteiger partial charge in [-0.15, -0.1) is 0 Å². The van der Waals surface area contributed by atoms with Gasteiger partial charge in [-0.2, -0.15) is 0 Å². The minimum atomic E-state index is -3.51. The first kappa shape index (κ1) is 14.5. The fourth-order valence-electron chi connectivity index (χ4n) is 1.09. The number of nitrogens with two attached hydrogens (primary N) is 1. The Morgan fingerprint density at radius 1 is 1.53 bits per heavy atom. The predicted octanol–water partition coefficient (Wildman–Crippen LogP) is 1.19. The Labute approximate surface area is 114 Å². The molecule has 0 aliphatic rings. The Balaban J connectivity index is 2.60. The Bertz CT molecular complexity index is 505. The molecule has 17 heavy (non-hydrogen) atoms. The number of aromatic nitrogens is 1. The van der Waals surface area contributed by atoms with Crippen LogP contribution in [0.2, 0.25) is 0 Å². The van der Waals surface area contributed by atoms with E-state index in [1.807, 2.05) is 0 Å². The van der Waals surface area contributed by atoms with Gasteiger partial charge in [0.25, 0.3) is 0 Å². The Morgan fingerprint density at radius 2 is 2.24 bits per heavy atom. The van der Waals surface area contributed by atoms with E-state index in [1.165, 1.54) is 18.5 Å². The van der Waals surface area contributed by atoms with E-state index in [4.69, 9.17) is 18.0 Å². The van der Waals surface area contributed by atoms with E-state index < -0.39 is 10.0 Å². The van der Waals surface area contributed by atoms with Crippen molar-refractivity contribution < 1.29 is 8.42 Å². The normalized spacial score (nSPS) is 11.4. The average molecular weight is 338 g/mol. The highest BCUT2D eigenvalue weighted by Crippen LogP contribution is 2.13. The number of sulfonamides is 1. The molecule has 0 saturated carbocycles. The third-order valence-corrected chi connectivity index (χ3v) is 3.95. The van der Waals surface area contributed by atoms with Crippen LogP contribution in [0.15, 0.2) is 27.8 Å². The largest absolute Gasteiger partial charge is 0.393 e. The van der Waals surface area contributed by atoms with E-state index in [2.05, 4.69) is 25.6 Å². The highest BCUT2D eigenvalue weighted by molar-refractivity contribution is 9.10. The summed E-state index contributed by atoms with van der Waals surface area (Å²) in [5, 5.41) is 0. The molecule has 0 amide bonds. The van der Waals surface area contributed by atoms with E-state index in [9.17, 15) is 8.42 Å². The van der Waals surface area contributed by atoms with Gasteiger partial charge in [-0.05, 0) is 34.8 Å². The quantitative estimate of drug-likeness (QED) is 0.601. The molecule has 94 valence electrons. The Morgan fingerprint density at radius 3 is 2.82 bits per heavy atom. The van der Waals surface area contributed by atoms with Gasteiger partial charge in [-0.1, -0.05) is 12.2 Å². The summed E-state index contributed by atoms with van der Waals surface area (Å²) in [6.07, 6.45) is 3.91. The molecule has 1 rings (SSSR count). The van der Waals surface area contributed by atoms with E-state index in [0.29, 0.717) is 28.8 Å². The van der Waals surface area contributed by atoms with Crippen LogP contribution in [0.1, 0.15) is 12.8 Å². The third-order valence-electron chi connectivity index (χ3n) is 1.88. The molecule has 0 radical (unpaired) electrons. The molecule has 8 heteroatoms. The van der Waals surface area contributed by atoms with Crippen molar-refractivity contribution >= 4 is 43.2 Å². The molecule has 1 aromatic rings. The molecule has 0 unspecified atom stereocenters. The summed E-state index contributed by atoms with van der Waals surface area (Å²) >= 11 is 7.86. The van der Waals surface area contributed by atoms with Crippen molar-refractivity contribution in [1.29, 1.82) is 0 Å². The molecule has 0 fully saturated rings. The van der Waals surface area contributed by atoms with Crippen LogP contribution in [0.5, 0.6) is 0 Å². The molecule has 0 atom stereocenters. The van der Waals surface area contributed by atoms with E-state index in [-0.39, 0.29) is 4.90 Å². The number of nitrogens with zero attached hydrogens (tertiary/aromatic N) is 1. The first-order chi connectivity index (χ1) is 7.92. The van der Waals surface area contributed by atoms with Crippen molar-refractivity contribution in [3.05, 3.63) is 22.9 Å². The molecule has 1 aromatic heterocycles. The first-order valence-corrected chi connectivity index (χ1v) is 7.49. The summed E-state index contributed by atoms with van der Waals surface area (Å²) in [5.74, 6) is 0. The molecule has 0 aliphatic heterocycles. The van der Waals surface area contributed by atoms with Gasteiger partial charge < -0.3 is 5.73 Å².